The Hall–Kier alpha value is -1.86. The predicted octanol–water partition coefficient (Wildman–Crippen LogP) is 0.799. The molecule has 20 heavy (non-hydrogen) atoms. The van der Waals surface area contributed by atoms with Gasteiger partial charge in [0.05, 0.1) is 30.9 Å². The van der Waals surface area contributed by atoms with Crippen molar-refractivity contribution in [3.8, 4) is 0 Å². The molecule has 0 atom stereocenters. The Kier molecular flexibility index (Phi) is 4.41. The van der Waals surface area contributed by atoms with Crippen LogP contribution in [0.5, 0.6) is 0 Å². The summed E-state index contributed by atoms with van der Waals surface area (Å²) in [7, 11) is 0. The first-order chi connectivity index (χ1) is 9.54. The predicted molar refractivity (Wildman–Crippen MR) is 66.5 cm³/mol. The standard InChI is InChI=1S/C13H14F2N2O3/c14-11(15)7-16(5-6-18)8-17-12(19)9-3-1-2-4-10(9)13(17)20/h1-4,11,18H,5-8H2. The SMILES string of the molecule is O=C1c2ccccc2C(=O)N1CN(CCO)CC(F)F. The van der Waals surface area contributed by atoms with Crippen molar-refractivity contribution in [1.29, 1.82) is 0 Å². The molecule has 1 aliphatic heterocycles. The Labute approximate surface area is 114 Å². The lowest BCUT2D eigenvalue weighted by molar-refractivity contribution is 0.0343. The molecule has 2 rings (SSSR count). The topological polar surface area (TPSA) is 60.9 Å². The fourth-order valence-corrected chi connectivity index (χ4v) is 2.12. The molecule has 0 unspecified atom stereocenters. The van der Waals surface area contributed by atoms with Crippen molar-refractivity contribution in [2.24, 2.45) is 0 Å². The minimum Gasteiger partial charge on any atom is -0.395 e. The lowest BCUT2D eigenvalue weighted by Gasteiger charge is -2.25. The van der Waals surface area contributed by atoms with E-state index >= 15 is 0 Å². The van der Waals surface area contributed by atoms with Gasteiger partial charge in [-0.1, -0.05) is 12.1 Å². The monoisotopic (exact) mass is 284 g/mol. The number of hydrogen-bond acceptors (Lipinski definition) is 4. The molecule has 1 heterocycles. The van der Waals surface area contributed by atoms with Gasteiger partial charge in [-0.3, -0.25) is 19.4 Å². The molecule has 1 N–H and O–H groups in total. The molecule has 0 saturated heterocycles. The average molecular weight is 284 g/mol. The highest BCUT2D eigenvalue weighted by atomic mass is 19.3. The van der Waals surface area contributed by atoms with E-state index in [-0.39, 0.29) is 30.9 Å². The van der Waals surface area contributed by atoms with Crippen LogP contribution in [0.1, 0.15) is 20.7 Å². The fourth-order valence-electron chi connectivity index (χ4n) is 2.12. The van der Waals surface area contributed by atoms with Crippen LogP contribution in [0.3, 0.4) is 0 Å². The first-order valence-electron chi connectivity index (χ1n) is 6.11. The highest BCUT2D eigenvalue weighted by Gasteiger charge is 2.36. The van der Waals surface area contributed by atoms with Crippen LogP contribution in [0.2, 0.25) is 0 Å². The van der Waals surface area contributed by atoms with Crippen LogP contribution >= 0.6 is 0 Å². The number of fused-ring (bicyclic) bond motifs is 1. The zero-order chi connectivity index (χ0) is 14.7. The van der Waals surface area contributed by atoms with Gasteiger partial charge in [-0.25, -0.2) is 8.78 Å². The van der Waals surface area contributed by atoms with Gasteiger partial charge in [-0.15, -0.1) is 0 Å². The number of hydrogen-bond donors (Lipinski definition) is 1. The lowest BCUT2D eigenvalue weighted by Crippen LogP contribution is -2.44. The van der Waals surface area contributed by atoms with Crippen molar-refractivity contribution >= 4 is 11.8 Å². The summed E-state index contributed by atoms with van der Waals surface area (Å²) in [6, 6.07) is 6.33. The molecule has 2 amide bonds. The van der Waals surface area contributed by atoms with E-state index in [0.717, 1.165) is 4.90 Å². The van der Waals surface area contributed by atoms with Gasteiger partial charge in [0.1, 0.15) is 0 Å². The van der Waals surface area contributed by atoms with Gasteiger partial charge in [0, 0.05) is 6.54 Å². The van der Waals surface area contributed by atoms with Gasteiger partial charge in [0.2, 0.25) is 0 Å². The van der Waals surface area contributed by atoms with E-state index in [0.29, 0.717) is 0 Å². The van der Waals surface area contributed by atoms with Crippen molar-refractivity contribution in [2.75, 3.05) is 26.4 Å². The smallest absolute Gasteiger partial charge is 0.262 e. The Morgan fingerprint density at radius 3 is 2.15 bits per heavy atom. The number of nitrogens with zero attached hydrogens (tertiary/aromatic N) is 2. The lowest BCUT2D eigenvalue weighted by atomic mass is 10.1. The van der Waals surface area contributed by atoms with E-state index in [9.17, 15) is 18.4 Å². The molecule has 0 aliphatic carbocycles. The Balaban J connectivity index is 2.14. The second kappa shape index (κ2) is 6.06. The van der Waals surface area contributed by atoms with Gasteiger partial charge in [0.15, 0.2) is 0 Å². The molecule has 0 aromatic heterocycles. The van der Waals surface area contributed by atoms with Crippen molar-refractivity contribution in [1.82, 2.24) is 9.80 Å². The molecular formula is C13H14F2N2O3. The first kappa shape index (κ1) is 14.5. The van der Waals surface area contributed by atoms with Gasteiger partial charge in [0.25, 0.3) is 18.2 Å². The van der Waals surface area contributed by atoms with Crippen molar-refractivity contribution in [3.63, 3.8) is 0 Å². The zero-order valence-electron chi connectivity index (χ0n) is 10.6. The molecule has 108 valence electrons. The third-order valence-electron chi connectivity index (χ3n) is 3.03. The molecule has 0 bridgehead atoms. The minimum absolute atomic E-state index is 0.0300. The van der Waals surface area contributed by atoms with Crippen LogP contribution < -0.4 is 0 Å². The second-order valence-corrected chi connectivity index (χ2v) is 4.42. The normalized spacial score (nSPS) is 14.6. The summed E-state index contributed by atoms with van der Waals surface area (Å²) >= 11 is 0. The minimum atomic E-state index is -2.60. The molecule has 0 fully saturated rings. The number of rotatable bonds is 6. The van der Waals surface area contributed by atoms with Crippen molar-refractivity contribution in [2.45, 2.75) is 6.43 Å². The number of carbonyl (C=O) groups is 2. The number of halogens is 2. The molecule has 1 aromatic rings. The highest BCUT2D eigenvalue weighted by molar-refractivity contribution is 6.21. The first-order valence-corrected chi connectivity index (χ1v) is 6.11. The third kappa shape index (κ3) is 2.83. The number of carbonyl (C=O) groups excluding carboxylic acids is 2. The highest BCUT2D eigenvalue weighted by Crippen LogP contribution is 2.22. The number of imide groups is 1. The van der Waals surface area contributed by atoms with Crippen LogP contribution in [-0.4, -0.2) is 59.5 Å². The van der Waals surface area contributed by atoms with Crippen molar-refractivity contribution < 1.29 is 23.5 Å². The largest absolute Gasteiger partial charge is 0.395 e. The zero-order valence-corrected chi connectivity index (χ0v) is 10.6. The number of aliphatic hydroxyl groups is 1. The summed E-state index contributed by atoms with van der Waals surface area (Å²) in [6.45, 7) is -1.21. The maximum absolute atomic E-state index is 12.4. The molecular weight excluding hydrogens is 270 g/mol. The number of benzene rings is 1. The summed E-state index contributed by atoms with van der Waals surface area (Å²) in [5.41, 5.74) is 0.553. The maximum Gasteiger partial charge on any atom is 0.262 e. The molecule has 0 spiro atoms. The number of aliphatic hydroxyl groups excluding tert-OH is 1. The quantitative estimate of drug-likeness (QED) is 0.785. The van der Waals surface area contributed by atoms with E-state index in [1.807, 2.05) is 0 Å². The number of amides is 2. The van der Waals surface area contributed by atoms with Gasteiger partial charge in [-0.05, 0) is 12.1 Å². The Morgan fingerprint density at radius 1 is 1.15 bits per heavy atom. The van der Waals surface area contributed by atoms with E-state index in [1.54, 1.807) is 12.1 Å². The van der Waals surface area contributed by atoms with E-state index in [4.69, 9.17) is 5.11 Å². The summed E-state index contributed by atoms with van der Waals surface area (Å²) < 4.78 is 24.9. The summed E-state index contributed by atoms with van der Waals surface area (Å²) in [4.78, 5) is 26.2. The molecule has 0 radical (unpaired) electrons. The van der Waals surface area contributed by atoms with Crippen LogP contribution in [0.15, 0.2) is 24.3 Å². The Morgan fingerprint density at radius 2 is 1.70 bits per heavy atom. The van der Waals surface area contributed by atoms with Crippen LogP contribution in [0.4, 0.5) is 8.78 Å². The maximum atomic E-state index is 12.4. The van der Waals surface area contributed by atoms with E-state index in [2.05, 4.69) is 0 Å². The van der Waals surface area contributed by atoms with Gasteiger partial charge < -0.3 is 5.11 Å². The Bertz CT molecular complexity index is 487. The van der Waals surface area contributed by atoms with E-state index in [1.165, 1.54) is 17.0 Å². The fraction of sp³-hybridized carbons (Fsp3) is 0.385. The third-order valence-corrected chi connectivity index (χ3v) is 3.03. The second-order valence-electron chi connectivity index (χ2n) is 4.42. The molecule has 1 aromatic carbocycles. The summed E-state index contributed by atoms with van der Waals surface area (Å²) in [6.07, 6.45) is -2.60. The number of alkyl halides is 2. The van der Waals surface area contributed by atoms with Crippen LogP contribution in [0, 0.1) is 0 Å². The summed E-state index contributed by atoms with van der Waals surface area (Å²) in [5.74, 6) is -0.995. The average Bonchev–Trinajstić information content (AvgIpc) is 2.64. The van der Waals surface area contributed by atoms with Crippen molar-refractivity contribution in [3.05, 3.63) is 35.4 Å². The molecule has 1 aliphatic rings. The van der Waals surface area contributed by atoms with E-state index < -0.39 is 24.8 Å². The summed E-state index contributed by atoms with van der Waals surface area (Å²) in [5, 5.41) is 8.85. The van der Waals surface area contributed by atoms with Gasteiger partial charge in [-0.2, -0.15) is 0 Å². The molecule has 5 nitrogen and oxygen atoms in total. The van der Waals surface area contributed by atoms with Crippen LogP contribution in [-0.2, 0) is 0 Å². The van der Waals surface area contributed by atoms with Gasteiger partial charge >= 0.3 is 0 Å². The molecule has 0 saturated carbocycles. The molecule has 7 heteroatoms. The van der Waals surface area contributed by atoms with Crippen LogP contribution in [0.25, 0.3) is 0 Å².